The van der Waals surface area contributed by atoms with Crippen molar-refractivity contribution in [1.29, 1.82) is 0 Å². The maximum atomic E-state index is 13.4. The molecule has 6 rings (SSSR count). The summed E-state index contributed by atoms with van der Waals surface area (Å²) in [6.45, 7) is 4.03. The van der Waals surface area contributed by atoms with Crippen molar-refractivity contribution in [3.8, 4) is 23.0 Å². The Labute approximate surface area is 252 Å². The van der Waals surface area contributed by atoms with E-state index in [2.05, 4.69) is 14.8 Å². The third kappa shape index (κ3) is 5.93. The second kappa shape index (κ2) is 12.3. The molecule has 12 nitrogen and oxygen atoms in total. The van der Waals surface area contributed by atoms with Gasteiger partial charge in [0, 0.05) is 54.9 Å². The zero-order valence-electron chi connectivity index (χ0n) is 24.5. The number of fused-ring (bicyclic) bond motifs is 2. The molecule has 0 amide bonds. The molecule has 12 heteroatoms. The molecule has 0 saturated carbocycles. The summed E-state index contributed by atoms with van der Waals surface area (Å²) in [6.07, 6.45) is -0.337. The molecule has 0 radical (unpaired) electrons. The summed E-state index contributed by atoms with van der Waals surface area (Å²) in [4.78, 5) is 46.1. The number of hydrogen-bond donors (Lipinski definition) is 2. The summed E-state index contributed by atoms with van der Waals surface area (Å²) < 4.78 is 27.6. The average Bonchev–Trinajstić information content (AvgIpc) is 3.04. The van der Waals surface area contributed by atoms with E-state index in [1.54, 1.807) is 25.3 Å². The molecular weight excluding hydrogens is 570 g/mol. The molecule has 4 aromatic rings. The number of esters is 1. The molecule has 1 saturated heterocycles. The van der Waals surface area contributed by atoms with Crippen molar-refractivity contribution in [3.63, 3.8) is 0 Å². The number of pyridine rings is 1. The van der Waals surface area contributed by atoms with Crippen molar-refractivity contribution < 1.29 is 33.3 Å². The highest BCUT2D eigenvalue weighted by Gasteiger charge is 2.30. The first-order valence-corrected chi connectivity index (χ1v) is 14.3. The van der Waals surface area contributed by atoms with Crippen LogP contribution in [0.3, 0.4) is 0 Å². The highest BCUT2D eigenvalue weighted by Crippen LogP contribution is 2.37. The maximum Gasteiger partial charge on any atom is 0.306 e. The van der Waals surface area contributed by atoms with Crippen molar-refractivity contribution in [2.24, 2.45) is 0 Å². The van der Waals surface area contributed by atoms with E-state index < -0.39 is 28.6 Å². The zero-order valence-corrected chi connectivity index (χ0v) is 24.5. The topological polar surface area (TPSA) is 144 Å². The first-order valence-electron chi connectivity index (χ1n) is 14.3. The minimum atomic E-state index is -1.09. The number of piperazine rings is 1. The van der Waals surface area contributed by atoms with Crippen LogP contribution in [0.15, 0.2) is 62.5 Å². The van der Waals surface area contributed by atoms with Gasteiger partial charge in [0.15, 0.2) is 17.3 Å². The Morgan fingerprint density at radius 2 is 1.68 bits per heavy atom. The fourth-order valence-corrected chi connectivity index (χ4v) is 5.66. The van der Waals surface area contributed by atoms with Crippen LogP contribution in [0.5, 0.6) is 23.0 Å². The average molecular weight is 604 g/mol. The first-order chi connectivity index (χ1) is 21.3. The normalized spacial score (nSPS) is 15.6. The van der Waals surface area contributed by atoms with Crippen molar-refractivity contribution >= 4 is 22.6 Å². The van der Waals surface area contributed by atoms with E-state index in [-0.39, 0.29) is 17.7 Å². The summed E-state index contributed by atoms with van der Waals surface area (Å²) in [5.41, 5.74) is 0.557. The predicted octanol–water partition coefficient (Wildman–Crippen LogP) is 2.98. The number of nitrogens with zero attached hydrogens (tertiary/aromatic N) is 2. The van der Waals surface area contributed by atoms with E-state index in [1.165, 1.54) is 13.2 Å². The highest BCUT2D eigenvalue weighted by atomic mass is 16.6. The fraction of sp³-hybridized carbons (Fsp3) is 0.344. The summed E-state index contributed by atoms with van der Waals surface area (Å²) in [7, 11) is 2.86. The van der Waals surface area contributed by atoms with Gasteiger partial charge in [-0.1, -0.05) is 0 Å². The Kier molecular flexibility index (Phi) is 8.16. The number of nitrogens with one attached hydrogen (secondary N) is 1. The number of aromatic hydroxyl groups is 1. The van der Waals surface area contributed by atoms with Gasteiger partial charge in [0.25, 0.3) is 5.56 Å². The minimum Gasteiger partial charge on any atom is -0.502 e. The zero-order chi connectivity index (χ0) is 30.8. The highest BCUT2D eigenvalue weighted by molar-refractivity contribution is 5.83. The number of aromatic amines is 1. The van der Waals surface area contributed by atoms with Gasteiger partial charge < -0.3 is 38.4 Å². The molecule has 2 aliphatic rings. The number of rotatable bonds is 8. The lowest BCUT2D eigenvalue weighted by molar-refractivity contribution is -0.140. The van der Waals surface area contributed by atoms with Gasteiger partial charge >= 0.3 is 5.97 Å². The van der Waals surface area contributed by atoms with E-state index in [0.29, 0.717) is 61.0 Å². The van der Waals surface area contributed by atoms with Gasteiger partial charge in [-0.15, -0.1) is 0 Å². The van der Waals surface area contributed by atoms with Gasteiger partial charge in [-0.25, -0.2) is 0 Å². The molecule has 0 aliphatic carbocycles. The fourth-order valence-electron chi connectivity index (χ4n) is 5.66. The predicted molar refractivity (Wildman–Crippen MR) is 161 cm³/mol. The SMILES string of the molecule is COC(=O)C[C@@H](c1oc(CN2CCN(c3ccc(OC)cc3)CC2)cc(=O)c1O)c1cc2cc3c(cc2[nH]c1=O)OCCO3. The third-order valence-corrected chi connectivity index (χ3v) is 8.02. The van der Waals surface area contributed by atoms with Gasteiger partial charge in [0.1, 0.15) is 24.7 Å². The largest absolute Gasteiger partial charge is 0.502 e. The molecule has 2 aliphatic heterocycles. The van der Waals surface area contributed by atoms with Crippen LogP contribution in [0.2, 0.25) is 0 Å². The molecule has 1 fully saturated rings. The van der Waals surface area contributed by atoms with Crippen LogP contribution < -0.4 is 30.1 Å². The second-order valence-corrected chi connectivity index (χ2v) is 10.7. The Morgan fingerprint density at radius 3 is 2.36 bits per heavy atom. The quantitative estimate of drug-likeness (QED) is 0.287. The summed E-state index contributed by atoms with van der Waals surface area (Å²) in [6, 6.07) is 14.2. The number of carbonyl (C=O) groups excluding carboxylic acids is 1. The molecule has 2 aromatic carbocycles. The number of aromatic nitrogens is 1. The summed E-state index contributed by atoms with van der Waals surface area (Å²) in [5, 5.41) is 11.5. The van der Waals surface area contributed by atoms with Crippen LogP contribution >= 0.6 is 0 Å². The van der Waals surface area contributed by atoms with Crippen LogP contribution in [-0.4, -0.2) is 74.6 Å². The second-order valence-electron chi connectivity index (χ2n) is 10.7. The molecule has 0 unspecified atom stereocenters. The van der Waals surface area contributed by atoms with E-state index in [9.17, 15) is 19.5 Å². The first kappa shape index (κ1) is 29.1. The maximum absolute atomic E-state index is 13.4. The van der Waals surface area contributed by atoms with Crippen LogP contribution in [0.1, 0.15) is 29.4 Å². The Balaban J connectivity index is 1.29. The van der Waals surface area contributed by atoms with Crippen LogP contribution in [0, 0.1) is 0 Å². The van der Waals surface area contributed by atoms with E-state index >= 15 is 0 Å². The van der Waals surface area contributed by atoms with Gasteiger partial charge in [0.05, 0.1) is 38.6 Å². The summed E-state index contributed by atoms with van der Waals surface area (Å²) in [5.74, 6) is -0.418. The lowest BCUT2D eigenvalue weighted by atomic mass is 9.92. The third-order valence-electron chi connectivity index (χ3n) is 8.02. The molecule has 2 N–H and O–H groups in total. The van der Waals surface area contributed by atoms with Crippen LogP contribution in [-0.2, 0) is 16.1 Å². The van der Waals surface area contributed by atoms with Crippen molar-refractivity contribution in [2.45, 2.75) is 18.9 Å². The van der Waals surface area contributed by atoms with Crippen LogP contribution in [0.25, 0.3) is 10.9 Å². The molecule has 44 heavy (non-hydrogen) atoms. The number of H-pyrrole nitrogens is 1. The van der Waals surface area contributed by atoms with Gasteiger partial charge in [-0.3, -0.25) is 19.3 Å². The molecule has 2 aromatic heterocycles. The molecular formula is C32H33N3O9. The van der Waals surface area contributed by atoms with Crippen molar-refractivity contribution in [1.82, 2.24) is 9.88 Å². The Hall–Kier alpha value is -4.97. The lowest BCUT2D eigenvalue weighted by Gasteiger charge is -2.36. The summed E-state index contributed by atoms with van der Waals surface area (Å²) >= 11 is 0. The van der Waals surface area contributed by atoms with Gasteiger partial charge in [-0.2, -0.15) is 0 Å². The number of methoxy groups -OCH3 is 2. The molecule has 4 heterocycles. The van der Waals surface area contributed by atoms with Crippen LogP contribution in [0.4, 0.5) is 5.69 Å². The molecule has 230 valence electrons. The Bertz CT molecular complexity index is 1790. The van der Waals surface area contributed by atoms with Crippen molar-refractivity contribution in [3.05, 3.63) is 86.2 Å². The molecule has 1 atom stereocenters. The number of benzene rings is 2. The molecule has 0 spiro atoms. The van der Waals surface area contributed by atoms with Gasteiger partial charge in [0.2, 0.25) is 11.2 Å². The Morgan fingerprint density at radius 1 is 0.977 bits per heavy atom. The van der Waals surface area contributed by atoms with E-state index in [4.69, 9.17) is 23.4 Å². The standard InChI is InChI=1S/C32H33N3O9/c1-40-21-5-3-20(4-6-21)35-9-7-34(8-10-35)18-22-15-26(36)30(38)31(44-22)23(16-29(37)41-2)24-13-19-14-27-28(43-12-11-42-27)17-25(19)33-32(24)39/h3-6,13-15,17,23,38H,7-12,16,18H2,1-2H3,(H,33,39)/t23-/m1/s1. The lowest BCUT2D eigenvalue weighted by Crippen LogP contribution is -2.46. The molecule has 0 bridgehead atoms. The number of anilines is 1. The number of ether oxygens (including phenoxy) is 4. The van der Waals surface area contributed by atoms with Crippen molar-refractivity contribution in [2.75, 3.05) is 58.5 Å². The number of hydrogen-bond acceptors (Lipinski definition) is 11. The smallest absolute Gasteiger partial charge is 0.306 e. The minimum absolute atomic E-state index is 0.128. The van der Waals surface area contributed by atoms with E-state index in [1.807, 2.05) is 24.3 Å². The monoisotopic (exact) mass is 603 g/mol. The van der Waals surface area contributed by atoms with Gasteiger partial charge in [-0.05, 0) is 36.4 Å². The number of carbonyl (C=O) groups is 1. The van der Waals surface area contributed by atoms with E-state index in [0.717, 1.165) is 24.5 Å².